The molecule has 0 radical (unpaired) electrons. The highest BCUT2D eigenvalue weighted by molar-refractivity contribution is 9.10. The minimum absolute atomic E-state index is 0.163. The van der Waals surface area contributed by atoms with Gasteiger partial charge in [-0.05, 0) is 58.2 Å². The summed E-state index contributed by atoms with van der Waals surface area (Å²) in [4.78, 5) is 0. The number of benzene rings is 2. The Balaban J connectivity index is 1.97. The summed E-state index contributed by atoms with van der Waals surface area (Å²) in [5, 5.41) is 3.42. The second-order valence-electron chi connectivity index (χ2n) is 4.62. The second kappa shape index (κ2) is 6.86. The molecule has 0 unspecified atom stereocenters. The summed E-state index contributed by atoms with van der Waals surface area (Å²) < 4.78 is 19.0. The maximum absolute atomic E-state index is 12.9. The van der Waals surface area contributed by atoms with Gasteiger partial charge in [0.05, 0.1) is 11.6 Å². The summed E-state index contributed by atoms with van der Waals surface area (Å²) in [6, 6.07) is 12.7. The molecule has 0 amide bonds. The number of hydrogen-bond donors (Lipinski definition) is 1. The van der Waals surface area contributed by atoms with Crippen LogP contribution in [-0.2, 0) is 6.54 Å². The number of rotatable bonds is 5. The first-order chi connectivity index (χ1) is 9.60. The summed E-state index contributed by atoms with van der Waals surface area (Å²) in [6.45, 7) is 2.80. The fourth-order valence-electron chi connectivity index (χ4n) is 1.96. The van der Waals surface area contributed by atoms with Crippen molar-refractivity contribution in [2.24, 2.45) is 0 Å². The molecule has 0 aliphatic heterocycles. The van der Waals surface area contributed by atoms with Crippen molar-refractivity contribution in [3.8, 4) is 5.75 Å². The van der Waals surface area contributed by atoms with Crippen molar-refractivity contribution in [1.82, 2.24) is 5.32 Å². The lowest BCUT2D eigenvalue weighted by atomic mass is 10.1. The number of ether oxygens (including phenoxy) is 1. The van der Waals surface area contributed by atoms with Gasteiger partial charge in [-0.3, -0.25) is 0 Å². The lowest BCUT2D eigenvalue weighted by Crippen LogP contribution is -2.18. The zero-order chi connectivity index (χ0) is 14.5. The van der Waals surface area contributed by atoms with Crippen molar-refractivity contribution in [1.29, 1.82) is 0 Å². The van der Waals surface area contributed by atoms with E-state index < -0.39 is 0 Å². The van der Waals surface area contributed by atoms with Crippen LogP contribution in [0.15, 0.2) is 46.9 Å². The molecule has 0 saturated carbocycles. The highest BCUT2D eigenvalue weighted by Gasteiger charge is 2.06. The molecule has 0 heterocycles. The molecule has 0 aliphatic carbocycles. The Kier molecular flexibility index (Phi) is 5.15. The molecule has 0 bridgehead atoms. The molecule has 0 spiro atoms. The molecule has 0 aliphatic rings. The molecule has 106 valence electrons. The third-order valence-corrected chi connectivity index (χ3v) is 3.82. The van der Waals surface area contributed by atoms with Crippen molar-refractivity contribution in [3.63, 3.8) is 0 Å². The largest absolute Gasteiger partial charge is 0.496 e. The van der Waals surface area contributed by atoms with Crippen LogP contribution in [0.5, 0.6) is 5.75 Å². The van der Waals surface area contributed by atoms with Crippen LogP contribution < -0.4 is 10.1 Å². The number of halogens is 2. The Hall–Kier alpha value is -1.39. The first-order valence-corrected chi connectivity index (χ1v) is 7.20. The number of nitrogens with one attached hydrogen (secondary N) is 1. The summed E-state index contributed by atoms with van der Waals surface area (Å²) >= 11 is 3.47. The van der Waals surface area contributed by atoms with E-state index in [1.165, 1.54) is 12.1 Å². The minimum Gasteiger partial charge on any atom is -0.496 e. The van der Waals surface area contributed by atoms with Gasteiger partial charge in [0.15, 0.2) is 0 Å². The number of hydrogen-bond acceptors (Lipinski definition) is 2. The van der Waals surface area contributed by atoms with E-state index in [1.54, 1.807) is 19.2 Å². The molecule has 0 aromatic heterocycles. The zero-order valence-corrected chi connectivity index (χ0v) is 13.1. The zero-order valence-electron chi connectivity index (χ0n) is 11.5. The molecule has 2 aromatic carbocycles. The average molecular weight is 338 g/mol. The molecular formula is C16H17BrFNO. The fraction of sp³-hybridized carbons (Fsp3) is 0.250. The van der Waals surface area contributed by atoms with E-state index in [9.17, 15) is 4.39 Å². The van der Waals surface area contributed by atoms with Crippen molar-refractivity contribution in [2.45, 2.75) is 19.5 Å². The number of methoxy groups -OCH3 is 1. The summed E-state index contributed by atoms with van der Waals surface area (Å²) in [5.41, 5.74) is 2.23. The summed E-state index contributed by atoms with van der Waals surface area (Å²) in [5.74, 6) is 0.611. The van der Waals surface area contributed by atoms with Gasteiger partial charge < -0.3 is 10.1 Å². The Morgan fingerprint density at radius 3 is 2.50 bits per heavy atom. The maximum atomic E-state index is 12.9. The Bertz CT molecular complexity index is 571. The summed E-state index contributed by atoms with van der Waals surface area (Å²) in [6.07, 6.45) is 0. The molecule has 4 heteroatoms. The van der Waals surface area contributed by atoms with Crippen LogP contribution in [-0.4, -0.2) is 7.11 Å². The molecular weight excluding hydrogens is 321 g/mol. The quantitative estimate of drug-likeness (QED) is 0.870. The van der Waals surface area contributed by atoms with E-state index in [-0.39, 0.29) is 11.9 Å². The predicted octanol–water partition coefficient (Wildman–Crippen LogP) is 4.45. The molecule has 2 aromatic rings. The Morgan fingerprint density at radius 2 is 1.90 bits per heavy atom. The van der Waals surface area contributed by atoms with Crippen molar-refractivity contribution in [2.75, 3.05) is 7.11 Å². The van der Waals surface area contributed by atoms with Gasteiger partial charge in [0.25, 0.3) is 0 Å². The second-order valence-corrected chi connectivity index (χ2v) is 5.48. The minimum atomic E-state index is -0.208. The van der Waals surface area contributed by atoms with Gasteiger partial charge in [0.2, 0.25) is 0 Å². The van der Waals surface area contributed by atoms with Crippen LogP contribution in [0, 0.1) is 5.82 Å². The van der Waals surface area contributed by atoms with E-state index in [1.807, 2.05) is 18.2 Å². The van der Waals surface area contributed by atoms with Crippen LogP contribution >= 0.6 is 15.9 Å². The first-order valence-electron chi connectivity index (χ1n) is 6.41. The van der Waals surface area contributed by atoms with Crippen molar-refractivity contribution < 1.29 is 9.13 Å². The third kappa shape index (κ3) is 3.81. The normalized spacial score (nSPS) is 12.2. The highest BCUT2D eigenvalue weighted by Crippen LogP contribution is 2.25. The van der Waals surface area contributed by atoms with E-state index in [4.69, 9.17) is 4.74 Å². The summed E-state index contributed by atoms with van der Waals surface area (Å²) in [7, 11) is 1.65. The molecule has 0 fully saturated rings. The molecule has 1 atom stereocenters. The van der Waals surface area contributed by atoms with E-state index in [0.29, 0.717) is 0 Å². The molecule has 0 saturated heterocycles. The van der Waals surface area contributed by atoms with Gasteiger partial charge in [-0.2, -0.15) is 0 Å². The standard InChI is InChI=1S/C16H17BrFNO/c1-11(13-4-6-14(18)7-5-13)19-10-12-3-8-16(20-2)15(17)9-12/h3-9,11,19H,10H2,1-2H3/t11-/m1/s1. The lowest BCUT2D eigenvalue weighted by Gasteiger charge is -2.15. The van der Waals surface area contributed by atoms with Gasteiger partial charge >= 0.3 is 0 Å². The van der Waals surface area contributed by atoms with E-state index >= 15 is 0 Å². The fourth-order valence-corrected chi connectivity index (χ4v) is 2.55. The molecule has 2 rings (SSSR count). The SMILES string of the molecule is COc1ccc(CN[C@H](C)c2ccc(F)cc2)cc1Br. The maximum Gasteiger partial charge on any atom is 0.133 e. The highest BCUT2D eigenvalue weighted by atomic mass is 79.9. The van der Waals surface area contributed by atoms with Gasteiger partial charge in [-0.1, -0.05) is 18.2 Å². The van der Waals surface area contributed by atoms with Crippen LogP contribution in [0.3, 0.4) is 0 Å². The molecule has 2 nitrogen and oxygen atoms in total. The smallest absolute Gasteiger partial charge is 0.133 e. The monoisotopic (exact) mass is 337 g/mol. The van der Waals surface area contributed by atoms with Crippen LogP contribution in [0.1, 0.15) is 24.1 Å². The van der Waals surface area contributed by atoms with Gasteiger partial charge in [-0.15, -0.1) is 0 Å². The molecule has 1 N–H and O–H groups in total. The van der Waals surface area contributed by atoms with Crippen LogP contribution in [0.4, 0.5) is 4.39 Å². The van der Waals surface area contributed by atoms with E-state index in [2.05, 4.69) is 28.2 Å². The van der Waals surface area contributed by atoms with Crippen LogP contribution in [0.2, 0.25) is 0 Å². The third-order valence-electron chi connectivity index (χ3n) is 3.20. The van der Waals surface area contributed by atoms with Crippen LogP contribution in [0.25, 0.3) is 0 Å². The van der Waals surface area contributed by atoms with Crippen molar-refractivity contribution >= 4 is 15.9 Å². The Labute approximate surface area is 127 Å². The van der Waals surface area contributed by atoms with E-state index in [0.717, 1.165) is 27.9 Å². The average Bonchev–Trinajstić information content (AvgIpc) is 2.45. The topological polar surface area (TPSA) is 21.3 Å². The predicted molar refractivity (Wildman–Crippen MR) is 82.3 cm³/mol. The van der Waals surface area contributed by atoms with Crippen molar-refractivity contribution in [3.05, 3.63) is 63.9 Å². The Morgan fingerprint density at radius 1 is 1.20 bits per heavy atom. The first kappa shape index (κ1) is 15.0. The van der Waals surface area contributed by atoms with Gasteiger partial charge in [0, 0.05) is 12.6 Å². The van der Waals surface area contributed by atoms with Gasteiger partial charge in [-0.25, -0.2) is 4.39 Å². The van der Waals surface area contributed by atoms with Gasteiger partial charge in [0.1, 0.15) is 11.6 Å². The lowest BCUT2D eigenvalue weighted by molar-refractivity contribution is 0.412. The molecule has 20 heavy (non-hydrogen) atoms.